The van der Waals surface area contributed by atoms with E-state index in [1.54, 1.807) is 0 Å². The zero-order valence-corrected chi connectivity index (χ0v) is 11.8. The topological polar surface area (TPSA) is 32.3 Å². The monoisotopic (exact) mass is 337 g/mol. The molecular formula is C13H15BrF3NO. The average Bonchev–Trinajstić information content (AvgIpc) is 2.33. The molecule has 1 fully saturated rings. The van der Waals surface area contributed by atoms with E-state index in [0.717, 1.165) is 38.1 Å². The van der Waals surface area contributed by atoms with Crippen LogP contribution in [0.4, 0.5) is 13.2 Å². The van der Waals surface area contributed by atoms with Gasteiger partial charge in [-0.25, -0.2) is 0 Å². The lowest BCUT2D eigenvalue weighted by atomic mass is 9.91. The number of rotatable bonds is 2. The molecule has 1 aromatic rings. The number of halogens is 4. The van der Waals surface area contributed by atoms with E-state index in [2.05, 4.69) is 21.2 Å². The molecule has 0 saturated carbocycles. The molecule has 19 heavy (non-hydrogen) atoms. The molecule has 2 rings (SSSR count). The molecule has 1 saturated heterocycles. The van der Waals surface area contributed by atoms with Gasteiger partial charge in [-0.3, -0.25) is 0 Å². The van der Waals surface area contributed by atoms with Gasteiger partial charge in [0.25, 0.3) is 0 Å². The highest BCUT2D eigenvalue weighted by atomic mass is 79.9. The zero-order chi connectivity index (χ0) is 14.0. The molecule has 1 unspecified atom stereocenters. The van der Waals surface area contributed by atoms with E-state index >= 15 is 0 Å². The highest BCUT2D eigenvalue weighted by Crippen LogP contribution is 2.38. The summed E-state index contributed by atoms with van der Waals surface area (Å²) in [5.74, 6) is 0.0694. The standard InChI is InChI=1S/C13H15BrF3NO/c14-11-5-9(13(15,16)17)6-12(19)10(11)4-8-2-1-3-18-7-8/h5-6,8,18-19H,1-4,7H2. The number of phenolic OH excluding ortho intramolecular Hbond substituents is 1. The molecule has 1 aliphatic heterocycles. The van der Waals surface area contributed by atoms with E-state index in [1.807, 2.05) is 0 Å². The summed E-state index contributed by atoms with van der Waals surface area (Å²) in [7, 11) is 0. The third kappa shape index (κ3) is 3.63. The normalized spacial score (nSPS) is 20.5. The van der Waals surface area contributed by atoms with Crippen molar-refractivity contribution in [1.29, 1.82) is 0 Å². The minimum Gasteiger partial charge on any atom is -0.508 e. The Morgan fingerprint density at radius 1 is 1.37 bits per heavy atom. The Hall–Kier alpha value is -0.750. The molecule has 1 heterocycles. The van der Waals surface area contributed by atoms with Crippen molar-refractivity contribution in [3.05, 3.63) is 27.7 Å². The molecule has 1 aromatic carbocycles. The summed E-state index contributed by atoms with van der Waals surface area (Å²) in [5.41, 5.74) is -0.274. The molecule has 1 aliphatic rings. The van der Waals surface area contributed by atoms with Gasteiger partial charge in [-0.1, -0.05) is 15.9 Å². The second-order valence-electron chi connectivity index (χ2n) is 4.87. The second kappa shape index (κ2) is 5.71. The fraction of sp³-hybridized carbons (Fsp3) is 0.538. The molecule has 2 N–H and O–H groups in total. The molecule has 106 valence electrons. The molecule has 0 spiro atoms. The maximum absolute atomic E-state index is 12.6. The fourth-order valence-electron chi connectivity index (χ4n) is 2.37. The summed E-state index contributed by atoms with van der Waals surface area (Å²) in [5, 5.41) is 13.1. The van der Waals surface area contributed by atoms with Crippen LogP contribution in [0.5, 0.6) is 5.75 Å². The Balaban J connectivity index is 2.21. The number of alkyl halides is 3. The minimum absolute atomic E-state index is 0.285. The second-order valence-corrected chi connectivity index (χ2v) is 5.72. The fourth-order valence-corrected chi connectivity index (χ4v) is 2.99. The van der Waals surface area contributed by atoms with Gasteiger partial charge in [-0.2, -0.15) is 13.2 Å². The van der Waals surface area contributed by atoms with Crippen LogP contribution in [-0.4, -0.2) is 18.2 Å². The number of hydrogen-bond acceptors (Lipinski definition) is 2. The minimum atomic E-state index is -4.44. The zero-order valence-electron chi connectivity index (χ0n) is 10.2. The number of aromatic hydroxyl groups is 1. The van der Waals surface area contributed by atoms with Gasteiger partial charge in [0.15, 0.2) is 0 Å². The maximum Gasteiger partial charge on any atom is 0.416 e. The number of phenols is 1. The summed E-state index contributed by atoms with van der Waals surface area (Å²) < 4.78 is 38.1. The van der Waals surface area contributed by atoms with Crippen LogP contribution in [-0.2, 0) is 12.6 Å². The van der Waals surface area contributed by atoms with Crippen molar-refractivity contribution >= 4 is 15.9 Å². The van der Waals surface area contributed by atoms with Crippen LogP contribution in [0.1, 0.15) is 24.0 Å². The first-order valence-electron chi connectivity index (χ1n) is 6.17. The lowest BCUT2D eigenvalue weighted by Crippen LogP contribution is -2.30. The van der Waals surface area contributed by atoms with Crippen molar-refractivity contribution in [3.63, 3.8) is 0 Å². The van der Waals surface area contributed by atoms with E-state index in [9.17, 15) is 18.3 Å². The van der Waals surface area contributed by atoms with Gasteiger partial charge in [-0.05, 0) is 50.4 Å². The van der Waals surface area contributed by atoms with Crippen molar-refractivity contribution in [1.82, 2.24) is 5.32 Å². The van der Waals surface area contributed by atoms with E-state index in [4.69, 9.17) is 0 Å². The Labute approximate surface area is 118 Å². The molecule has 0 amide bonds. The van der Waals surface area contributed by atoms with Gasteiger partial charge >= 0.3 is 6.18 Å². The Kier molecular flexibility index (Phi) is 4.40. The summed E-state index contributed by atoms with van der Waals surface area (Å²) in [6, 6.07) is 1.83. The SMILES string of the molecule is Oc1cc(C(F)(F)F)cc(Br)c1CC1CCCNC1. The molecule has 0 radical (unpaired) electrons. The molecule has 2 nitrogen and oxygen atoms in total. The maximum atomic E-state index is 12.6. The van der Waals surface area contributed by atoms with Gasteiger partial charge in [0.1, 0.15) is 5.75 Å². The Morgan fingerprint density at radius 2 is 2.11 bits per heavy atom. The van der Waals surface area contributed by atoms with Crippen LogP contribution >= 0.6 is 15.9 Å². The van der Waals surface area contributed by atoms with Gasteiger partial charge in [0.2, 0.25) is 0 Å². The van der Waals surface area contributed by atoms with Crippen LogP contribution in [0, 0.1) is 5.92 Å². The molecule has 0 aromatic heterocycles. The van der Waals surface area contributed by atoms with Crippen LogP contribution in [0.2, 0.25) is 0 Å². The van der Waals surface area contributed by atoms with Crippen LogP contribution in [0.15, 0.2) is 16.6 Å². The third-order valence-corrected chi connectivity index (χ3v) is 4.10. The van der Waals surface area contributed by atoms with Crippen molar-refractivity contribution in [2.75, 3.05) is 13.1 Å². The first kappa shape index (κ1) is 14.7. The van der Waals surface area contributed by atoms with E-state index in [1.165, 1.54) is 0 Å². The first-order valence-corrected chi connectivity index (χ1v) is 6.96. The summed E-state index contributed by atoms with van der Waals surface area (Å²) in [4.78, 5) is 0. The lowest BCUT2D eigenvalue weighted by molar-refractivity contribution is -0.137. The summed E-state index contributed by atoms with van der Waals surface area (Å²) >= 11 is 3.14. The van der Waals surface area contributed by atoms with Crippen LogP contribution in [0.3, 0.4) is 0 Å². The average molecular weight is 338 g/mol. The predicted molar refractivity (Wildman–Crippen MR) is 70.1 cm³/mol. The Bertz CT molecular complexity index is 433. The first-order chi connectivity index (χ1) is 8.88. The van der Waals surface area contributed by atoms with Gasteiger partial charge in [0, 0.05) is 10.0 Å². The van der Waals surface area contributed by atoms with Crippen LogP contribution < -0.4 is 5.32 Å². The highest BCUT2D eigenvalue weighted by Gasteiger charge is 2.32. The van der Waals surface area contributed by atoms with E-state index < -0.39 is 11.7 Å². The Morgan fingerprint density at radius 3 is 2.63 bits per heavy atom. The van der Waals surface area contributed by atoms with Crippen LogP contribution in [0.25, 0.3) is 0 Å². The number of hydrogen-bond donors (Lipinski definition) is 2. The lowest BCUT2D eigenvalue weighted by Gasteiger charge is -2.23. The summed E-state index contributed by atoms with van der Waals surface area (Å²) in [6.07, 6.45) is -1.77. The summed E-state index contributed by atoms with van der Waals surface area (Å²) in [6.45, 7) is 1.82. The molecule has 0 aliphatic carbocycles. The highest BCUT2D eigenvalue weighted by molar-refractivity contribution is 9.10. The predicted octanol–water partition coefficient (Wildman–Crippen LogP) is 3.72. The van der Waals surface area contributed by atoms with Gasteiger partial charge < -0.3 is 10.4 Å². The van der Waals surface area contributed by atoms with Crippen molar-refractivity contribution < 1.29 is 18.3 Å². The molecule has 0 bridgehead atoms. The van der Waals surface area contributed by atoms with Crippen molar-refractivity contribution in [3.8, 4) is 5.75 Å². The number of benzene rings is 1. The van der Waals surface area contributed by atoms with Gasteiger partial charge in [0.05, 0.1) is 5.56 Å². The largest absolute Gasteiger partial charge is 0.508 e. The molecular weight excluding hydrogens is 323 g/mol. The number of nitrogens with one attached hydrogen (secondary N) is 1. The van der Waals surface area contributed by atoms with Gasteiger partial charge in [-0.15, -0.1) is 0 Å². The van der Waals surface area contributed by atoms with Crippen molar-refractivity contribution in [2.24, 2.45) is 5.92 Å². The van der Waals surface area contributed by atoms with Crippen molar-refractivity contribution in [2.45, 2.75) is 25.4 Å². The van der Waals surface area contributed by atoms with E-state index in [-0.39, 0.29) is 5.75 Å². The third-order valence-electron chi connectivity index (χ3n) is 3.39. The van der Waals surface area contributed by atoms with E-state index in [0.29, 0.717) is 22.4 Å². The molecule has 1 atom stereocenters. The quantitative estimate of drug-likeness (QED) is 0.862. The number of piperidine rings is 1. The smallest absolute Gasteiger partial charge is 0.416 e. The molecule has 6 heteroatoms.